The molecule has 1 aliphatic rings. The van der Waals surface area contributed by atoms with Crippen molar-refractivity contribution >= 4 is 29.9 Å². The summed E-state index contributed by atoms with van der Waals surface area (Å²) in [6, 6.07) is 3.84. The van der Waals surface area contributed by atoms with Gasteiger partial charge in [-0.1, -0.05) is 6.07 Å². The maximum absolute atomic E-state index is 6.00. The highest BCUT2D eigenvalue weighted by atomic mass is 127. The lowest BCUT2D eigenvalue weighted by Crippen LogP contribution is -2.40. The number of halogens is 1. The van der Waals surface area contributed by atoms with Crippen LogP contribution in [-0.4, -0.2) is 36.0 Å². The van der Waals surface area contributed by atoms with Gasteiger partial charge in [0, 0.05) is 24.8 Å². The van der Waals surface area contributed by atoms with E-state index < -0.39 is 0 Å². The smallest absolute Gasteiger partial charge is 0.218 e. The summed E-state index contributed by atoms with van der Waals surface area (Å²) in [4.78, 5) is 10.7. The highest BCUT2D eigenvalue weighted by Gasteiger charge is 2.12. The summed E-state index contributed by atoms with van der Waals surface area (Å²) >= 11 is 0. The number of ether oxygens (including phenoxy) is 1. The number of nitrogens with two attached hydrogens (primary N) is 1. The molecule has 0 saturated carbocycles. The lowest BCUT2D eigenvalue weighted by molar-refractivity contribution is 0.338. The van der Waals surface area contributed by atoms with Crippen LogP contribution in [0.4, 0.5) is 0 Å². The third-order valence-corrected chi connectivity index (χ3v) is 3.13. The Bertz CT molecular complexity index is 419. The van der Waals surface area contributed by atoms with Crippen molar-refractivity contribution in [2.24, 2.45) is 10.7 Å². The summed E-state index contributed by atoms with van der Waals surface area (Å²) < 4.78 is 5.19. The first-order chi connectivity index (χ1) is 8.81. The molecule has 5 nitrogen and oxygen atoms in total. The van der Waals surface area contributed by atoms with E-state index in [1.54, 1.807) is 13.3 Å². The van der Waals surface area contributed by atoms with Gasteiger partial charge in [0.15, 0.2) is 5.96 Å². The second-order valence-corrected chi connectivity index (χ2v) is 4.39. The van der Waals surface area contributed by atoms with Crippen LogP contribution in [0, 0.1) is 0 Å². The number of rotatable bonds is 3. The second-order valence-electron chi connectivity index (χ2n) is 4.39. The first kappa shape index (κ1) is 16.0. The number of methoxy groups -OCH3 is 1. The Hall–Kier alpha value is -1.05. The van der Waals surface area contributed by atoms with Gasteiger partial charge in [-0.25, -0.2) is 9.98 Å². The molecule has 1 fully saturated rings. The molecule has 0 unspecified atom stereocenters. The Kier molecular flexibility index (Phi) is 6.90. The maximum Gasteiger partial charge on any atom is 0.218 e. The zero-order valence-corrected chi connectivity index (χ0v) is 13.5. The van der Waals surface area contributed by atoms with E-state index in [1.165, 1.54) is 19.3 Å². The molecule has 19 heavy (non-hydrogen) atoms. The molecule has 1 aromatic rings. The van der Waals surface area contributed by atoms with Crippen LogP contribution in [0.3, 0.4) is 0 Å². The van der Waals surface area contributed by atoms with Crippen LogP contribution in [0.1, 0.15) is 24.8 Å². The van der Waals surface area contributed by atoms with Crippen molar-refractivity contribution in [2.75, 3.05) is 20.2 Å². The predicted molar refractivity (Wildman–Crippen MR) is 87.0 cm³/mol. The molecule has 0 amide bonds. The van der Waals surface area contributed by atoms with Crippen LogP contribution in [0.2, 0.25) is 0 Å². The van der Waals surface area contributed by atoms with Crippen molar-refractivity contribution in [3.63, 3.8) is 0 Å². The molecular formula is C13H21IN4O. The quantitative estimate of drug-likeness (QED) is 0.498. The molecule has 2 N–H and O–H groups in total. The first-order valence-corrected chi connectivity index (χ1v) is 6.34. The predicted octanol–water partition coefficient (Wildman–Crippen LogP) is 2.01. The number of pyridine rings is 1. The van der Waals surface area contributed by atoms with Gasteiger partial charge in [0.1, 0.15) is 0 Å². The van der Waals surface area contributed by atoms with Crippen molar-refractivity contribution in [3.05, 3.63) is 23.9 Å². The summed E-state index contributed by atoms with van der Waals surface area (Å²) in [5, 5.41) is 0. The molecule has 0 radical (unpaired) electrons. The monoisotopic (exact) mass is 376 g/mol. The van der Waals surface area contributed by atoms with E-state index in [0.29, 0.717) is 18.4 Å². The van der Waals surface area contributed by atoms with Gasteiger partial charge in [0.05, 0.1) is 13.7 Å². The summed E-state index contributed by atoms with van der Waals surface area (Å²) in [6.07, 6.45) is 5.40. The van der Waals surface area contributed by atoms with E-state index >= 15 is 0 Å². The van der Waals surface area contributed by atoms with Crippen LogP contribution >= 0.6 is 24.0 Å². The number of hydrogen-bond acceptors (Lipinski definition) is 3. The van der Waals surface area contributed by atoms with Gasteiger partial charge in [-0.05, 0) is 25.3 Å². The lowest BCUT2D eigenvalue weighted by Gasteiger charge is -2.27. The minimum Gasteiger partial charge on any atom is -0.481 e. The van der Waals surface area contributed by atoms with Gasteiger partial charge in [-0.15, -0.1) is 24.0 Å². The highest BCUT2D eigenvalue weighted by molar-refractivity contribution is 14.0. The Balaban J connectivity index is 0.00000180. The van der Waals surface area contributed by atoms with E-state index in [0.717, 1.165) is 18.7 Å². The molecule has 106 valence electrons. The standard InChI is InChI=1S/C13H20N4O.HI/c1-18-12-11(6-5-7-15-12)10-16-13(14)17-8-3-2-4-9-17;/h5-7H,2-4,8-10H2,1H3,(H2,14,16);1H. The normalized spacial score (nSPS) is 15.8. The average molecular weight is 376 g/mol. The number of hydrogen-bond donors (Lipinski definition) is 1. The number of nitrogens with zero attached hydrogens (tertiary/aromatic N) is 3. The van der Waals surface area contributed by atoms with Crippen LogP contribution in [0.25, 0.3) is 0 Å². The topological polar surface area (TPSA) is 63.7 Å². The molecule has 6 heteroatoms. The van der Waals surface area contributed by atoms with E-state index in [1.807, 2.05) is 12.1 Å². The maximum atomic E-state index is 6.00. The minimum absolute atomic E-state index is 0. The zero-order chi connectivity index (χ0) is 12.8. The summed E-state index contributed by atoms with van der Waals surface area (Å²) in [5.74, 6) is 1.24. The first-order valence-electron chi connectivity index (χ1n) is 6.34. The molecule has 1 saturated heterocycles. The summed E-state index contributed by atoms with van der Waals surface area (Å²) in [5.41, 5.74) is 6.96. The van der Waals surface area contributed by atoms with Crippen LogP contribution in [-0.2, 0) is 6.54 Å². The van der Waals surface area contributed by atoms with Crippen molar-refractivity contribution in [3.8, 4) is 5.88 Å². The average Bonchev–Trinajstić information content (AvgIpc) is 2.46. The van der Waals surface area contributed by atoms with Gasteiger partial charge in [0.2, 0.25) is 5.88 Å². The third-order valence-electron chi connectivity index (χ3n) is 3.13. The van der Waals surface area contributed by atoms with E-state index in [-0.39, 0.29) is 24.0 Å². The van der Waals surface area contributed by atoms with Crippen LogP contribution in [0.5, 0.6) is 5.88 Å². The number of guanidine groups is 1. The molecule has 0 aliphatic carbocycles. The minimum atomic E-state index is 0. The molecule has 0 aromatic carbocycles. The number of aliphatic imine (C=N–C) groups is 1. The SMILES string of the molecule is COc1ncccc1CN=C(N)N1CCCCC1.I. The fraction of sp³-hybridized carbons (Fsp3) is 0.538. The van der Waals surface area contributed by atoms with Gasteiger partial charge in [-0.3, -0.25) is 0 Å². The second kappa shape index (κ2) is 8.19. The highest BCUT2D eigenvalue weighted by Crippen LogP contribution is 2.15. The Morgan fingerprint density at radius 2 is 2.16 bits per heavy atom. The van der Waals surface area contributed by atoms with E-state index in [2.05, 4.69) is 14.9 Å². The lowest BCUT2D eigenvalue weighted by atomic mass is 10.1. The fourth-order valence-electron chi connectivity index (χ4n) is 2.12. The Labute approximate surface area is 131 Å². The van der Waals surface area contributed by atoms with Gasteiger partial charge in [0.25, 0.3) is 0 Å². The van der Waals surface area contributed by atoms with Crippen molar-refractivity contribution in [1.29, 1.82) is 0 Å². The molecule has 1 aromatic heterocycles. The Morgan fingerprint density at radius 1 is 1.42 bits per heavy atom. The largest absolute Gasteiger partial charge is 0.481 e. The van der Waals surface area contributed by atoms with Crippen LogP contribution < -0.4 is 10.5 Å². The zero-order valence-electron chi connectivity index (χ0n) is 11.2. The van der Waals surface area contributed by atoms with Crippen molar-refractivity contribution in [1.82, 2.24) is 9.88 Å². The Morgan fingerprint density at radius 3 is 2.84 bits per heavy atom. The van der Waals surface area contributed by atoms with Crippen molar-refractivity contribution in [2.45, 2.75) is 25.8 Å². The molecule has 1 aliphatic heterocycles. The number of likely N-dealkylation sites (tertiary alicyclic amines) is 1. The van der Waals surface area contributed by atoms with Crippen molar-refractivity contribution < 1.29 is 4.74 Å². The molecule has 0 bridgehead atoms. The molecule has 2 heterocycles. The van der Waals surface area contributed by atoms with Gasteiger partial charge >= 0.3 is 0 Å². The van der Waals surface area contributed by atoms with E-state index in [4.69, 9.17) is 10.5 Å². The third kappa shape index (κ3) is 4.52. The molecule has 0 spiro atoms. The van der Waals surface area contributed by atoms with Gasteiger partial charge in [-0.2, -0.15) is 0 Å². The van der Waals surface area contributed by atoms with Crippen LogP contribution in [0.15, 0.2) is 23.3 Å². The molecular weight excluding hydrogens is 355 g/mol. The summed E-state index contributed by atoms with van der Waals surface area (Å²) in [6.45, 7) is 2.54. The summed E-state index contributed by atoms with van der Waals surface area (Å²) in [7, 11) is 1.61. The number of aromatic nitrogens is 1. The molecule has 2 rings (SSSR count). The molecule has 0 atom stereocenters. The van der Waals surface area contributed by atoms with Gasteiger partial charge < -0.3 is 15.4 Å². The van der Waals surface area contributed by atoms with E-state index in [9.17, 15) is 0 Å². The number of piperidine rings is 1. The fourth-order valence-corrected chi connectivity index (χ4v) is 2.12.